The number of pyridine rings is 1. The maximum atomic E-state index is 13.4. The molecule has 0 unspecified atom stereocenters. The Morgan fingerprint density at radius 2 is 1.95 bits per heavy atom. The predicted molar refractivity (Wildman–Crippen MR) is 66.1 cm³/mol. The maximum absolute atomic E-state index is 13.4. The summed E-state index contributed by atoms with van der Waals surface area (Å²) in [6.07, 6.45) is 0.887. The molecule has 1 N–H and O–H groups in total. The maximum Gasteiger partial charge on any atom is 0.307 e. The van der Waals surface area contributed by atoms with Crippen LogP contribution in [0.5, 0.6) is 0 Å². The average Bonchev–Trinajstić information content (AvgIpc) is 2.34. The molecule has 2 rings (SSSR count). The van der Waals surface area contributed by atoms with Crippen molar-refractivity contribution in [1.82, 2.24) is 4.98 Å². The lowest BCUT2D eigenvalue weighted by Crippen LogP contribution is -1.99. The molecule has 0 radical (unpaired) electrons. The first-order valence-electron chi connectivity index (χ1n) is 5.34. The van der Waals surface area contributed by atoms with Crippen molar-refractivity contribution in [2.45, 2.75) is 16.3 Å². The molecule has 0 bridgehead atoms. The summed E-state index contributed by atoms with van der Waals surface area (Å²) in [6, 6.07) is 7.42. The van der Waals surface area contributed by atoms with E-state index >= 15 is 0 Å². The summed E-state index contributed by atoms with van der Waals surface area (Å²) in [6.45, 7) is 0. The van der Waals surface area contributed by atoms with Crippen LogP contribution in [0, 0.1) is 11.6 Å². The van der Waals surface area contributed by atoms with Gasteiger partial charge < -0.3 is 5.11 Å². The van der Waals surface area contributed by atoms with Gasteiger partial charge in [-0.05, 0) is 17.7 Å². The summed E-state index contributed by atoms with van der Waals surface area (Å²) in [5.74, 6) is -2.36. The van der Waals surface area contributed by atoms with Gasteiger partial charge in [0, 0.05) is 11.0 Å². The van der Waals surface area contributed by atoms with Gasteiger partial charge in [0.2, 0.25) is 0 Å². The molecule has 0 atom stereocenters. The van der Waals surface area contributed by atoms with E-state index in [2.05, 4.69) is 4.98 Å². The van der Waals surface area contributed by atoms with E-state index in [0.717, 1.165) is 24.0 Å². The minimum absolute atomic E-state index is 0.0614. The Morgan fingerprint density at radius 1 is 1.26 bits per heavy atom. The van der Waals surface area contributed by atoms with Crippen molar-refractivity contribution in [3.05, 3.63) is 53.7 Å². The SMILES string of the molecule is O=C(O)Cc1ccc(Sc2ncc(F)cc2F)cc1. The Labute approximate surface area is 112 Å². The summed E-state index contributed by atoms with van der Waals surface area (Å²) < 4.78 is 26.1. The third-order valence-corrected chi connectivity index (χ3v) is 3.27. The molecule has 19 heavy (non-hydrogen) atoms. The van der Waals surface area contributed by atoms with Crippen LogP contribution >= 0.6 is 11.8 Å². The number of halogens is 2. The molecule has 0 aliphatic rings. The number of nitrogens with zero attached hydrogens (tertiary/aromatic N) is 1. The van der Waals surface area contributed by atoms with Gasteiger partial charge in [0.25, 0.3) is 0 Å². The number of benzene rings is 1. The predicted octanol–water partition coefficient (Wildman–Crippen LogP) is 3.14. The van der Waals surface area contributed by atoms with E-state index in [1.807, 2.05) is 0 Å². The molecule has 0 saturated carbocycles. The number of carboxylic acid groups (broad SMARTS) is 1. The van der Waals surface area contributed by atoms with E-state index in [9.17, 15) is 13.6 Å². The number of aromatic nitrogens is 1. The highest BCUT2D eigenvalue weighted by atomic mass is 32.2. The molecule has 1 aromatic carbocycles. The van der Waals surface area contributed by atoms with Crippen molar-refractivity contribution in [1.29, 1.82) is 0 Å². The number of carboxylic acids is 1. The number of hydrogen-bond acceptors (Lipinski definition) is 3. The van der Waals surface area contributed by atoms with E-state index in [1.54, 1.807) is 24.3 Å². The Bertz CT molecular complexity index is 602. The van der Waals surface area contributed by atoms with Crippen LogP contribution in [0.3, 0.4) is 0 Å². The van der Waals surface area contributed by atoms with Crippen LogP contribution in [0.4, 0.5) is 8.78 Å². The number of rotatable bonds is 4. The molecule has 0 aliphatic heterocycles. The molecule has 6 heteroatoms. The van der Waals surface area contributed by atoms with Gasteiger partial charge in [-0.15, -0.1) is 0 Å². The molecule has 0 fully saturated rings. The van der Waals surface area contributed by atoms with Crippen LogP contribution in [-0.2, 0) is 11.2 Å². The van der Waals surface area contributed by atoms with Crippen LogP contribution in [-0.4, -0.2) is 16.1 Å². The van der Waals surface area contributed by atoms with Gasteiger partial charge in [0.15, 0.2) is 5.82 Å². The summed E-state index contributed by atoms with van der Waals surface area (Å²) in [5, 5.41) is 8.71. The second kappa shape index (κ2) is 5.79. The van der Waals surface area contributed by atoms with Gasteiger partial charge in [-0.1, -0.05) is 23.9 Å². The van der Waals surface area contributed by atoms with E-state index in [1.165, 1.54) is 0 Å². The first kappa shape index (κ1) is 13.5. The van der Waals surface area contributed by atoms with Crippen molar-refractivity contribution >= 4 is 17.7 Å². The van der Waals surface area contributed by atoms with E-state index in [-0.39, 0.29) is 11.4 Å². The fourth-order valence-electron chi connectivity index (χ4n) is 1.44. The third-order valence-electron chi connectivity index (χ3n) is 2.27. The minimum Gasteiger partial charge on any atom is -0.481 e. The molecule has 0 aliphatic carbocycles. The van der Waals surface area contributed by atoms with Crippen LogP contribution in [0.25, 0.3) is 0 Å². The number of carbonyl (C=O) groups is 1. The van der Waals surface area contributed by atoms with Crippen LogP contribution in [0.1, 0.15) is 5.56 Å². The first-order chi connectivity index (χ1) is 9.04. The largest absolute Gasteiger partial charge is 0.481 e. The van der Waals surface area contributed by atoms with Gasteiger partial charge in [0.05, 0.1) is 12.6 Å². The van der Waals surface area contributed by atoms with Gasteiger partial charge in [-0.3, -0.25) is 4.79 Å². The minimum atomic E-state index is -0.911. The topological polar surface area (TPSA) is 50.2 Å². The molecular weight excluding hydrogens is 272 g/mol. The molecule has 98 valence electrons. The molecule has 2 aromatic rings. The zero-order chi connectivity index (χ0) is 13.8. The molecule has 1 heterocycles. The van der Waals surface area contributed by atoms with Crippen LogP contribution in [0.2, 0.25) is 0 Å². The number of aliphatic carboxylic acids is 1. The molecule has 0 amide bonds. The lowest BCUT2D eigenvalue weighted by molar-refractivity contribution is -0.136. The molecular formula is C13H9F2NO2S. The third kappa shape index (κ3) is 3.75. The first-order valence-corrected chi connectivity index (χ1v) is 6.16. The number of hydrogen-bond donors (Lipinski definition) is 1. The highest BCUT2D eigenvalue weighted by molar-refractivity contribution is 7.99. The second-order valence-corrected chi connectivity index (χ2v) is 4.82. The summed E-state index contributed by atoms with van der Waals surface area (Å²) in [4.78, 5) is 14.9. The van der Waals surface area contributed by atoms with Crippen molar-refractivity contribution < 1.29 is 18.7 Å². The van der Waals surface area contributed by atoms with Gasteiger partial charge in [0.1, 0.15) is 10.8 Å². The average molecular weight is 281 g/mol. The monoisotopic (exact) mass is 281 g/mol. The summed E-state index contributed by atoms with van der Waals surface area (Å²) in [7, 11) is 0. The van der Waals surface area contributed by atoms with Gasteiger partial charge >= 0.3 is 5.97 Å². The Kier molecular flexibility index (Phi) is 4.11. The van der Waals surface area contributed by atoms with Crippen molar-refractivity contribution in [2.24, 2.45) is 0 Å². The van der Waals surface area contributed by atoms with Crippen LogP contribution in [0.15, 0.2) is 46.5 Å². The fraction of sp³-hybridized carbons (Fsp3) is 0.0769. The van der Waals surface area contributed by atoms with Gasteiger partial charge in [-0.2, -0.15) is 0 Å². The Balaban J connectivity index is 2.13. The zero-order valence-electron chi connectivity index (χ0n) is 9.64. The normalized spacial score (nSPS) is 10.4. The Hall–Kier alpha value is -1.95. The molecule has 0 spiro atoms. The quantitative estimate of drug-likeness (QED) is 0.935. The summed E-state index contributed by atoms with van der Waals surface area (Å²) in [5.41, 5.74) is 0.657. The van der Waals surface area contributed by atoms with E-state index in [0.29, 0.717) is 10.5 Å². The van der Waals surface area contributed by atoms with Gasteiger partial charge in [-0.25, -0.2) is 13.8 Å². The van der Waals surface area contributed by atoms with Crippen molar-refractivity contribution in [3.63, 3.8) is 0 Å². The smallest absolute Gasteiger partial charge is 0.307 e. The standard InChI is InChI=1S/C13H9F2NO2S/c14-9-6-11(15)13(16-7-9)19-10-3-1-8(2-4-10)5-12(17)18/h1-4,6-7H,5H2,(H,17,18). The van der Waals surface area contributed by atoms with Crippen LogP contribution < -0.4 is 0 Å². The van der Waals surface area contributed by atoms with E-state index in [4.69, 9.17) is 5.11 Å². The summed E-state index contributed by atoms with van der Waals surface area (Å²) >= 11 is 1.05. The fourth-order valence-corrected chi connectivity index (χ4v) is 2.20. The molecule has 3 nitrogen and oxygen atoms in total. The van der Waals surface area contributed by atoms with E-state index < -0.39 is 17.6 Å². The molecule has 1 aromatic heterocycles. The molecule has 0 saturated heterocycles. The van der Waals surface area contributed by atoms with Crippen molar-refractivity contribution in [2.75, 3.05) is 0 Å². The highest BCUT2D eigenvalue weighted by Crippen LogP contribution is 2.28. The van der Waals surface area contributed by atoms with Crippen molar-refractivity contribution in [3.8, 4) is 0 Å². The Morgan fingerprint density at radius 3 is 2.53 bits per heavy atom. The second-order valence-electron chi connectivity index (χ2n) is 3.76. The highest BCUT2D eigenvalue weighted by Gasteiger charge is 2.08. The zero-order valence-corrected chi connectivity index (χ0v) is 10.5. The lowest BCUT2D eigenvalue weighted by atomic mass is 10.2. The lowest BCUT2D eigenvalue weighted by Gasteiger charge is -2.03.